The molecular formula is C15H10BrNO2. The van der Waals surface area contributed by atoms with E-state index >= 15 is 0 Å². The summed E-state index contributed by atoms with van der Waals surface area (Å²) in [6, 6.07) is 14.6. The summed E-state index contributed by atoms with van der Waals surface area (Å²) in [5.74, 6) is 0.765. The van der Waals surface area contributed by atoms with Gasteiger partial charge in [0.1, 0.15) is 17.7 Å². The zero-order valence-electron chi connectivity index (χ0n) is 9.88. The van der Waals surface area contributed by atoms with Gasteiger partial charge >= 0.3 is 0 Å². The van der Waals surface area contributed by atoms with E-state index in [1.165, 1.54) is 0 Å². The van der Waals surface area contributed by atoms with E-state index < -0.39 is 0 Å². The summed E-state index contributed by atoms with van der Waals surface area (Å²) in [6.07, 6.45) is 1.63. The van der Waals surface area contributed by atoms with Crippen LogP contribution in [0.2, 0.25) is 0 Å². The van der Waals surface area contributed by atoms with Crippen molar-refractivity contribution in [2.45, 2.75) is 0 Å². The van der Waals surface area contributed by atoms with E-state index in [-0.39, 0.29) is 5.75 Å². The SMILES string of the molecule is Oc1ccc(-c2nc(-c3ccc(Br)cc3)co2)cc1. The van der Waals surface area contributed by atoms with Crippen molar-refractivity contribution in [1.29, 1.82) is 0 Å². The first-order valence-corrected chi connectivity index (χ1v) is 6.52. The Morgan fingerprint density at radius 3 is 2.21 bits per heavy atom. The van der Waals surface area contributed by atoms with Gasteiger partial charge in [0.15, 0.2) is 0 Å². The maximum absolute atomic E-state index is 9.26. The van der Waals surface area contributed by atoms with Crippen molar-refractivity contribution in [3.8, 4) is 28.5 Å². The molecule has 0 aliphatic carbocycles. The first kappa shape index (κ1) is 12.0. The first-order chi connectivity index (χ1) is 9.22. The standard InChI is InChI=1S/C15H10BrNO2/c16-12-5-1-10(2-6-12)14-9-19-15(17-14)11-3-7-13(18)8-4-11/h1-9,18H. The van der Waals surface area contributed by atoms with Crippen LogP contribution in [0.25, 0.3) is 22.7 Å². The highest BCUT2D eigenvalue weighted by molar-refractivity contribution is 9.10. The van der Waals surface area contributed by atoms with Crippen molar-refractivity contribution in [1.82, 2.24) is 4.98 Å². The average Bonchev–Trinajstić information content (AvgIpc) is 2.90. The second-order valence-corrected chi connectivity index (χ2v) is 5.01. The van der Waals surface area contributed by atoms with Crippen LogP contribution in [-0.2, 0) is 0 Å². The molecule has 1 N–H and O–H groups in total. The fourth-order valence-corrected chi connectivity index (χ4v) is 2.03. The van der Waals surface area contributed by atoms with Crippen LogP contribution in [0.15, 0.2) is 63.7 Å². The third-order valence-electron chi connectivity index (χ3n) is 2.76. The van der Waals surface area contributed by atoms with Crippen molar-refractivity contribution in [3.63, 3.8) is 0 Å². The number of phenolic OH excluding ortho intramolecular Hbond substituents is 1. The van der Waals surface area contributed by atoms with Crippen LogP contribution in [0, 0.1) is 0 Å². The molecule has 1 aromatic heterocycles. The Balaban J connectivity index is 1.95. The molecule has 0 saturated carbocycles. The third-order valence-corrected chi connectivity index (χ3v) is 3.29. The maximum atomic E-state index is 9.26. The average molecular weight is 316 g/mol. The molecule has 2 aromatic carbocycles. The van der Waals surface area contributed by atoms with Gasteiger partial charge in [-0.15, -0.1) is 0 Å². The van der Waals surface area contributed by atoms with Gasteiger partial charge in [-0.3, -0.25) is 0 Å². The summed E-state index contributed by atoms with van der Waals surface area (Å²) in [6.45, 7) is 0. The number of hydrogen-bond donors (Lipinski definition) is 1. The Hall–Kier alpha value is -2.07. The topological polar surface area (TPSA) is 46.3 Å². The van der Waals surface area contributed by atoms with E-state index in [1.54, 1.807) is 30.5 Å². The Bertz CT molecular complexity index is 627. The highest BCUT2D eigenvalue weighted by atomic mass is 79.9. The van der Waals surface area contributed by atoms with E-state index in [4.69, 9.17) is 4.42 Å². The van der Waals surface area contributed by atoms with Crippen LogP contribution in [0.3, 0.4) is 0 Å². The number of benzene rings is 2. The maximum Gasteiger partial charge on any atom is 0.226 e. The Morgan fingerprint density at radius 2 is 1.53 bits per heavy atom. The monoisotopic (exact) mass is 315 g/mol. The van der Waals surface area contributed by atoms with Crippen molar-refractivity contribution in [2.24, 2.45) is 0 Å². The van der Waals surface area contributed by atoms with Crippen LogP contribution in [-0.4, -0.2) is 10.1 Å². The lowest BCUT2D eigenvalue weighted by molar-refractivity contribution is 0.475. The fraction of sp³-hybridized carbons (Fsp3) is 0. The van der Waals surface area contributed by atoms with Crippen molar-refractivity contribution in [2.75, 3.05) is 0 Å². The van der Waals surface area contributed by atoms with E-state index in [0.717, 1.165) is 21.3 Å². The molecule has 0 radical (unpaired) electrons. The molecule has 94 valence electrons. The van der Waals surface area contributed by atoms with Crippen LogP contribution in [0.1, 0.15) is 0 Å². The summed E-state index contributed by atoms with van der Waals surface area (Å²) in [5.41, 5.74) is 2.62. The number of oxazole rings is 1. The predicted molar refractivity (Wildman–Crippen MR) is 76.7 cm³/mol. The highest BCUT2D eigenvalue weighted by Gasteiger charge is 2.08. The molecule has 19 heavy (non-hydrogen) atoms. The summed E-state index contributed by atoms with van der Waals surface area (Å²) in [4.78, 5) is 4.45. The minimum Gasteiger partial charge on any atom is -0.508 e. The minimum absolute atomic E-state index is 0.225. The number of aromatic nitrogens is 1. The van der Waals surface area contributed by atoms with Crippen LogP contribution in [0.4, 0.5) is 0 Å². The molecule has 1 heterocycles. The van der Waals surface area contributed by atoms with Gasteiger partial charge < -0.3 is 9.52 Å². The molecule has 0 atom stereocenters. The van der Waals surface area contributed by atoms with Crippen LogP contribution >= 0.6 is 15.9 Å². The van der Waals surface area contributed by atoms with Crippen LogP contribution < -0.4 is 0 Å². The Kier molecular flexibility index (Phi) is 3.09. The lowest BCUT2D eigenvalue weighted by Crippen LogP contribution is -1.79. The number of aromatic hydroxyl groups is 1. The molecule has 0 amide bonds. The van der Waals surface area contributed by atoms with Crippen molar-refractivity contribution < 1.29 is 9.52 Å². The van der Waals surface area contributed by atoms with Gasteiger partial charge in [0.2, 0.25) is 5.89 Å². The molecule has 0 bridgehead atoms. The van der Waals surface area contributed by atoms with E-state index in [2.05, 4.69) is 20.9 Å². The molecule has 3 aromatic rings. The minimum atomic E-state index is 0.225. The van der Waals surface area contributed by atoms with Gasteiger partial charge in [-0.05, 0) is 36.4 Å². The van der Waals surface area contributed by atoms with Gasteiger partial charge in [0.05, 0.1) is 0 Å². The molecule has 0 spiro atoms. The van der Waals surface area contributed by atoms with Gasteiger partial charge in [0, 0.05) is 15.6 Å². The lowest BCUT2D eigenvalue weighted by Gasteiger charge is -1.96. The normalized spacial score (nSPS) is 10.6. The molecule has 0 aliphatic rings. The lowest BCUT2D eigenvalue weighted by atomic mass is 10.2. The summed E-state index contributed by atoms with van der Waals surface area (Å²) < 4.78 is 6.50. The van der Waals surface area contributed by atoms with Gasteiger partial charge in [-0.1, -0.05) is 28.1 Å². The van der Waals surface area contributed by atoms with Crippen molar-refractivity contribution in [3.05, 3.63) is 59.3 Å². The van der Waals surface area contributed by atoms with E-state index in [0.29, 0.717) is 5.89 Å². The molecule has 0 aliphatic heterocycles. The largest absolute Gasteiger partial charge is 0.508 e. The molecule has 3 rings (SSSR count). The van der Waals surface area contributed by atoms with Crippen molar-refractivity contribution >= 4 is 15.9 Å². The number of halogens is 1. The molecular weight excluding hydrogens is 306 g/mol. The quantitative estimate of drug-likeness (QED) is 0.758. The highest BCUT2D eigenvalue weighted by Crippen LogP contribution is 2.26. The zero-order valence-corrected chi connectivity index (χ0v) is 11.5. The Morgan fingerprint density at radius 1 is 0.895 bits per heavy atom. The molecule has 3 nitrogen and oxygen atoms in total. The number of hydrogen-bond acceptors (Lipinski definition) is 3. The summed E-state index contributed by atoms with van der Waals surface area (Å²) >= 11 is 3.40. The first-order valence-electron chi connectivity index (χ1n) is 5.73. The van der Waals surface area contributed by atoms with Gasteiger partial charge in [0.25, 0.3) is 0 Å². The smallest absolute Gasteiger partial charge is 0.226 e. The van der Waals surface area contributed by atoms with E-state index in [1.807, 2.05) is 24.3 Å². The molecule has 0 unspecified atom stereocenters. The zero-order chi connectivity index (χ0) is 13.2. The summed E-state index contributed by atoms with van der Waals surface area (Å²) in [7, 11) is 0. The Labute approximate surface area is 118 Å². The second kappa shape index (κ2) is 4.90. The van der Waals surface area contributed by atoms with Crippen LogP contribution in [0.5, 0.6) is 5.75 Å². The molecule has 4 heteroatoms. The third kappa shape index (κ3) is 2.53. The number of nitrogens with zero attached hydrogens (tertiary/aromatic N) is 1. The molecule has 0 fully saturated rings. The predicted octanol–water partition coefficient (Wildman–Crippen LogP) is 4.48. The fourth-order valence-electron chi connectivity index (χ4n) is 1.76. The van der Waals surface area contributed by atoms with Gasteiger partial charge in [-0.2, -0.15) is 0 Å². The van der Waals surface area contributed by atoms with E-state index in [9.17, 15) is 5.11 Å². The second-order valence-electron chi connectivity index (χ2n) is 4.09. The summed E-state index contributed by atoms with van der Waals surface area (Å²) in [5, 5.41) is 9.26. The van der Waals surface area contributed by atoms with Gasteiger partial charge in [-0.25, -0.2) is 4.98 Å². The molecule has 0 saturated heterocycles. The number of phenols is 1. The number of rotatable bonds is 2.